The summed E-state index contributed by atoms with van der Waals surface area (Å²) in [6.45, 7) is 4.33. The van der Waals surface area contributed by atoms with Gasteiger partial charge in [-0.05, 0) is 12.5 Å². The Morgan fingerprint density at radius 2 is 2.06 bits per heavy atom. The number of nitrogens with one attached hydrogen (secondary N) is 1. The van der Waals surface area contributed by atoms with Gasteiger partial charge in [-0.25, -0.2) is 8.78 Å². The normalized spacial score (nSPS) is 22.0. The molecule has 3 atom stereocenters. The summed E-state index contributed by atoms with van der Waals surface area (Å²) in [6.07, 6.45) is 2.25. The SMILES string of the molecule is CCC[C@H]1C(C)CO[C@@H]2Cn3cc(C(=O)NCc4ccc(F)cc4F)c(=O)c(O)c3C(=O)N21. The minimum Gasteiger partial charge on any atom is -0.503 e. The number of nitrogens with zero attached hydrogens (tertiary/aromatic N) is 2. The van der Waals surface area contributed by atoms with Crippen LogP contribution in [0.3, 0.4) is 0 Å². The molecule has 1 unspecified atom stereocenters. The first-order valence-corrected chi connectivity index (χ1v) is 10.9. The van der Waals surface area contributed by atoms with E-state index in [1.807, 2.05) is 13.8 Å². The number of aromatic hydroxyl groups is 1. The lowest BCUT2D eigenvalue weighted by Gasteiger charge is -2.48. The van der Waals surface area contributed by atoms with Crippen molar-refractivity contribution in [3.63, 3.8) is 0 Å². The lowest BCUT2D eigenvalue weighted by atomic mass is 9.93. The van der Waals surface area contributed by atoms with Gasteiger partial charge in [-0.2, -0.15) is 0 Å². The zero-order valence-electron chi connectivity index (χ0n) is 18.3. The number of amides is 2. The van der Waals surface area contributed by atoms with Crippen LogP contribution in [0, 0.1) is 17.6 Å². The van der Waals surface area contributed by atoms with Crippen LogP contribution in [0.5, 0.6) is 5.75 Å². The summed E-state index contributed by atoms with van der Waals surface area (Å²) in [5.74, 6) is -3.68. The lowest BCUT2D eigenvalue weighted by Crippen LogP contribution is -2.60. The summed E-state index contributed by atoms with van der Waals surface area (Å²) in [4.78, 5) is 40.2. The van der Waals surface area contributed by atoms with Crippen LogP contribution in [-0.4, -0.2) is 45.3 Å². The molecule has 3 heterocycles. The van der Waals surface area contributed by atoms with Crippen LogP contribution >= 0.6 is 0 Å². The van der Waals surface area contributed by atoms with E-state index in [-0.39, 0.29) is 36.3 Å². The molecule has 0 aliphatic carbocycles. The fourth-order valence-corrected chi connectivity index (χ4v) is 4.49. The van der Waals surface area contributed by atoms with E-state index in [4.69, 9.17) is 4.74 Å². The maximum atomic E-state index is 13.8. The van der Waals surface area contributed by atoms with Crippen molar-refractivity contribution in [2.45, 2.75) is 52.0 Å². The number of hydrogen-bond donors (Lipinski definition) is 2. The molecule has 1 saturated heterocycles. The first kappa shape index (κ1) is 22.9. The van der Waals surface area contributed by atoms with Crippen LogP contribution in [0.1, 0.15) is 53.1 Å². The predicted molar refractivity (Wildman–Crippen MR) is 114 cm³/mol. The minimum atomic E-state index is -0.997. The van der Waals surface area contributed by atoms with E-state index in [0.29, 0.717) is 12.7 Å². The van der Waals surface area contributed by atoms with E-state index in [0.717, 1.165) is 18.9 Å². The lowest BCUT2D eigenvalue weighted by molar-refractivity contribution is -0.139. The van der Waals surface area contributed by atoms with Crippen molar-refractivity contribution in [1.82, 2.24) is 14.8 Å². The molecule has 8 nitrogen and oxygen atoms in total. The van der Waals surface area contributed by atoms with Gasteiger partial charge in [0.2, 0.25) is 5.43 Å². The van der Waals surface area contributed by atoms with Gasteiger partial charge >= 0.3 is 0 Å². The van der Waals surface area contributed by atoms with Gasteiger partial charge in [-0.1, -0.05) is 26.3 Å². The van der Waals surface area contributed by atoms with Gasteiger partial charge in [-0.15, -0.1) is 0 Å². The van der Waals surface area contributed by atoms with Gasteiger partial charge in [0.05, 0.1) is 13.2 Å². The maximum absolute atomic E-state index is 13.8. The monoisotopic (exact) mass is 461 g/mol. The Kier molecular flexibility index (Phi) is 6.20. The van der Waals surface area contributed by atoms with Gasteiger partial charge < -0.3 is 24.6 Å². The Morgan fingerprint density at radius 1 is 1.30 bits per heavy atom. The summed E-state index contributed by atoms with van der Waals surface area (Å²) in [6, 6.07) is 2.84. The average Bonchev–Trinajstić information content (AvgIpc) is 2.77. The number of carbonyl (C=O) groups excluding carboxylic acids is 2. The van der Waals surface area contributed by atoms with Crippen LogP contribution < -0.4 is 10.7 Å². The molecule has 10 heteroatoms. The summed E-state index contributed by atoms with van der Waals surface area (Å²) in [5.41, 5.74) is -1.54. The van der Waals surface area contributed by atoms with Crippen molar-refractivity contribution in [2.24, 2.45) is 5.92 Å². The molecule has 2 aliphatic rings. The van der Waals surface area contributed by atoms with Crippen LogP contribution in [0.4, 0.5) is 8.78 Å². The number of aromatic nitrogens is 1. The number of ether oxygens (including phenoxy) is 1. The molecular weight excluding hydrogens is 436 g/mol. The molecule has 2 aromatic rings. The fraction of sp³-hybridized carbons (Fsp3) is 0.435. The Labute approximate surface area is 188 Å². The molecule has 0 radical (unpaired) electrons. The molecule has 2 N–H and O–H groups in total. The van der Waals surface area contributed by atoms with E-state index in [1.54, 1.807) is 4.90 Å². The van der Waals surface area contributed by atoms with E-state index >= 15 is 0 Å². The highest BCUT2D eigenvalue weighted by Gasteiger charge is 2.44. The third-order valence-electron chi connectivity index (χ3n) is 6.21. The van der Waals surface area contributed by atoms with Crippen LogP contribution in [0.25, 0.3) is 0 Å². The summed E-state index contributed by atoms with van der Waals surface area (Å²) in [5, 5.41) is 13.0. The highest BCUT2D eigenvalue weighted by atomic mass is 19.1. The smallest absolute Gasteiger partial charge is 0.276 e. The van der Waals surface area contributed by atoms with Crippen molar-refractivity contribution in [2.75, 3.05) is 6.61 Å². The molecule has 4 rings (SSSR count). The second kappa shape index (κ2) is 8.93. The topological polar surface area (TPSA) is 101 Å². The quantitative estimate of drug-likeness (QED) is 0.712. The molecule has 0 spiro atoms. The molecule has 1 aromatic carbocycles. The Hall–Kier alpha value is -3.27. The van der Waals surface area contributed by atoms with E-state index in [1.165, 1.54) is 16.8 Å². The second-order valence-electron chi connectivity index (χ2n) is 8.47. The van der Waals surface area contributed by atoms with Crippen molar-refractivity contribution < 1.29 is 28.2 Å². The summed E-state index contributed by atoms with van der Waals surface area (Å²) >= 11 is 0. The Balaban J connectivity index is 1.63. The molecule has 0 bridgehead atoms. The third-order valence-corrected chi connectivity index (χ3v) is 6.21. The number of fused-ring (bicyclic) bond motifs is 2. The molecule has 1 fully saturated rings. The van der Waals surface area contributed by atoms with Crippen molar-refractivity contribution in [3.8, 4) is 5.75 Å². The third kappa shape index (κ3) is 4.10. The molecule has 1 aromatic heterocycles. The number of hydrogen-bond acceptors (Lipinski definition) is 5. The molecular formula is C23H25F2N3O5. The predicted octanol–water partition coefficient (Wildman–Crippen LogP) is 2.38. The van der Waals surface area contributed by atoms with Crippen molar-refractivity contribution >= 4 is 11.8 Å². The zero-order chi connectivity index (χ0) is 23.9. The Morgan fingerprint density at radius 3 is 2.76 bits per heavy atom. The van der Waals surface area contributed by atoms with Gasteiger partial charge in [0.25, 0.3) is 11.8 Å². The maximum Gasteiger partial charge on any atom is 0.276 e. The fourth-order valence-electron chi connectivity index (χ4n) is 4.49. The Bertz CT molecular complexity index is 1170. The molecule has 33 heavy (non-hydrogen) atoms. The van der Waals surface area contributed by atoms with Gasteiger partial charge in [0.1, 0.15) is 17.2 Å². The highest BCUT2D eigenvalue weighted by molar-refractivity contribution is 5.99. The minimum absolute atomic E-state index is 0.0320. The second-order valence-corrected chi connectivity index (χ2v) is 8.47. The van der Waals surface area contributed by atoms with E-state index in [2.05, 4.69) is 5.32 Å². The molecule has 2 aliphatic heterocycles. The summed E-state index contributed by atoms with van der Waals surface area (Å²) < 4.78 is 34.1. The van der Waals surface area contributed by atoms with Crippen LogP contribution in [0.15, 0.2) is 29.2 Å². The van der Waals surface area contributed by atoms with E-state index < -0.39 is 46.4 Å². The standard InChI is InChI=1S/C23H25F2N3O5/c1-3-4-17-12(2)11-33-18-10-27-9-15(20(29)21(30)19(27)23(32)28(17)18)22(31)26-8-13-5-6-14(24)7-16(13)25/h5-7,9,12,17-18,30H,3-4,8,10-11H2,1-2H3,(H,26,31)/t12?,17-,18+/m0/s1. The highest BCUT2D eigenvalue weighted by Crippen LogP contribution is 2.33. The summed E-state index contributed by atoms with van der Waals surface area (Å²) in [7, 11) is 0. The van der Waals surface area contributed by atoms with Gasteiger partial charge in [0, 0.05) is 36.3 Å². The number of halogens is 2. The number of benzene rings is 1. The largest absolute Gasteiger partial charge is 0.503 e. The van der Waals surface area contributed by atoms with Crippen molar-refractivity contribution in [1.29, 1.82) is 0 Å². The van der Waals surface area contributed by atoms with Gasteiger partial charge in [0.15, 0.2) is 17.7 Å². The average molecular weight is 461 g/mol. The van der Waals surface area contributed by atoms with Crippen molar-refractivity contribution in [3.05, 3.63) is 63.1 Å². The molecule has 2 amide bonds. The van der Waals surface area contributed by atoms with E-state index in [9.17, 15) is 28.3 Å². The zero-order valence-corrected chi connectivity index (χ0v) is 18.3. The number of carbonyl (C=O) groups is 2. The molecule has 176 valence electrons. The van der Waals surface area contributed by atoms with Crippen LogP contribution in [-0.2, 0) is 17.8 Å². The number of rotatable bonds is 5. The number of pyridine rings is 1. The first-order valence-electron chi connectivity index (χ1n) is 10.9. The first-order chi connectivity index (χ1) is 15.7. The molecule has 0 saturated carbocycles. The van der Waals surface area contributed by atoms with Crippen LogP contribution in [0.2, 0.25) is 0 Å². The van der Waals surface area contributed by atoms with Gasteiger partial charge in [-0.3, -0.25) is 14.4 Å².